The minimum Gasteiger partial charge on any atom is -0.356 e. The Kier molecular flexibility index (Phi) is 8.63. The van der Waals surface area contributed by atoms with Crippen LogP contribution in [0.1, 0.15) is 11.1 Å². The molecule has 6 rings (SSSR count). The number of nitrogens with one attached hydrogen (secondary N) is 1. The number of hydrogen-bond donors (Lipinski definition) is 1. The fraction of sp³-hybridized carbons (Fsp3) is 0.0476. The molecular formula is C42H37N2+. The van der Waals surface area contributed by atoms with Crippen molar-refractivity contribution in [3.8, 4) is 11.1 Å². The van der Waals surface area contributed by atoms with Crippen LogP contribution in [0.3, 0.4) is 0 Å². The van der Waals surface area contributed by atoms with Crippen molar-refractivity contribution < 1.29 is 0 Å². The van der Waals surface area contributed by atoms with Crippen LogP contribution in [0.15, 0.2) is 183 Å². The molecule has 0 atom stereocenters. The summed E-state index contributed by atoms with van der Waals surface area (Å²) in [5, 5.41) is 3.48. The highest BCUT2D eigenvalue weighted by atomic mass is 15.4. The standard InChI is InChI=1S/C42H37N2/c1-3-15-35-17-11-13-23-41(35)44(39-21-9-6-10-22-39,42-24-14-12-18-36(42)16-4-2)40-31-27-34(28-32-40)33-25-29-38(30-26-33)43-37-19-7-5-8-20-37/h3-14,17-32,43H,1-2,15-16H2/q+1. The number of hydrogen-bond acceptors (Lipinski definition) is 1. The van der Waals surface area contributed by atoms with Gasteiger partial charge in [0, 0.05) is 58.9 Å². The van der Waals surface area contributed by atoms with Crippen LogP contribution in [-0.4, -0.2) is 0 Å². The Morgan fingerprint density at radius 2 is 0.841 bits per heavy atom. The van der Waals surface area contributed by atoms with Gasteiger partial charge in [-0.05, 0) is 60.4 Å². The maximum atomic E-state index is 4.09. The molecule has 0 unspecified atom stereocenters. The van der Waals surface area contributed by atoms with Gasteiger partial charge in [-0.3, -0.25) is 0 Å². The topological polar surface area (TPSA) is 12.0 Å². The largest absolute Gasteiger partial charge is 0.356 e. The molecule has 214 valence electrons. The Bertz CT molecular complexity index is 1780. The van der Waals surface area contributed by atoms with Crippen molar-refractivity contribution in [2.45, 2.75) is 12.8 Å². The lowest BCUT2D eigenvalue weighted by Gasteiger charge is -2.39. The van der Waals surface area contributed by atoms with E-state index < -0.39 is 0 Å². The third-order valence-corrected chi connectivity index (χ3v) is 8.11. The van der Waals surface area contributed by atoms with Crippen molar-refractivity contribution in [1.82, 2.24) is 4.48 Å². The van der Waals surface area contributed by atoms with Crippen molar-refractivity contribution in [3.05, 3.63) is 194 Å². The van der Waals surface area contributed by atoms with Gasteiger partial charge in [0.15, 0.2) is 11.4 Å². The number of nitrogens with zero attached hydrogens (tertiary/aromatic N) is 1. The molecular weight excluding hydrogens is 532 g/mol. The third-order valence-electron chi connectivity index (χ3n) is 8.11. The highest BCUT2D eigenvalue weighted by molar-refractivity contribution is 5.85. The van der Waals surface area contributed by atoms with Gasteiger partial charge in [-0.2, -0.15) is 4.48 Å². The van der Waals surface area contributed by atoms with Gasteiger partial charge >= 0.3 is 0 Å². The summed E-state index contributed by atoms with van der Waals surface area (Å²) in [6, 6.07) is 56.3. The average Bonchev–Trinajstić information content (AvgIpc) is 3.08. The molecule has 0 radical (unpaired) electrons. The summed E-state index contributed by atoms with van der Waals surface area (Å²) in [6.07, 6.45) is 5.53. The number of para-hydroxylation sites is 4. The molecule has 0 fully saturated rings. The van der Waals surface area contributed by atoms with Gasteiger partial charge in [-0.15, -0.1) is 13.2 Å². The summed E-state index contributed by atoms with van der Waals surface area (Å²) >= 11 is 0. The van der Waals surface area contributed by atoms with Gasteiger partial charge in [0.05, 0.1) is 0 Å². The number of anilines is 2. The molecule has 0 spiro atoms. The minimum absolute atomic E-state index is 0.453. The summed E-state index contributed by atoms with van der Waals surface area (Å²) in [6.45, 7) is 8.19. The second-order valence-electron chi connectivity index (χ2n) is 10.9. The summed E-state index contributed by atoms with van der Waals surface area (Å²) < 4.78 is 0.453. The Morgan fingerprint density at radius 1 is 0.432 bits per heavy atom. The van der Waals surface area contributed by atoms with Crippen LogP contribution in [0.2, 0.25) is 0 Å². The normalized spacial score (nSPS) is 11.1. The molecule has 0 aliphatic heterocycles. The number of allylic oxidation sites excluding steroid dienone is 2. The molecule has 1 N–H and O–H groups in total. The van der Waals surface area contributed by atoms with E-state index in [1.807, 2.05) is 30.4 Å². The van der Waals surface area contributed by atoms with Crippen molar-refractivity contribution >= 4 is 34.1 Å². The van der Waals surface area contributed by atoms with E-state index in [1.165, 1.54) is 39.3 Å². The van der Waals surface area contributed by atoms with E-state index in [2.05, 4.69) is 158 Å². The Labute approximate surface area is 261 Å². The third kappa shape index (κ3) is 5.64. The monoisotopic (exact) mass is 569 g/mol. The van der Waals surface area contributed by atoms with Crippen LogP contribution >= 0.6 is 0 Å². The van der Waals surface area contributed by atoms with Crippen molar-refractivity contribution in [3.63, 3.8) is 0 Å². The zero-order valence-electron chi connectivity index (χ0n) is 24.9. The Morgan fingerprint density at radius 3 is 1.36 bits per heavy atom. The zero-order chi connectivity index (χ0) is 30.2. The average molecular weight is 570 g/mol. The molecule has 6 aromatic rings. The Hall–Kier alpha value is -5.44. The van der Waals surface area contributed by atoms with Crippen molar-refractivity contribution in [2.75, 3.05) is 5.32 Å². The maximum Gasteiger partial charge on any atom is 0.151 e. The molecule has 44 heavy (non-hydrogen) atoms. The Balaban J connectivity index is 1.51. The van der Waals surface area contributed by atoms with Gasteiger partial charge in [-0.1, -0.05) is 97.1 Å². The molecule has 2 nitrogen and oxygen atoms in total. The first kappa shape index (κ1) is 28.7. The van der Waals surface area contributed by atoms with Gasteiger partial charge < -0.3 is 5.32 Å². The predicted octanol–water partition coefficient (Wildman–Crippen LogP) is 11.9. The number of rotatable bonds is 11. The smallest absolute Gasteiger partial charge is 0.151 e. The van der Waals surface area contributed by atoms with Crippen molar-refractivity contribution in [2.24, 2.45) is 0 Å². The molecule has 0 aromatic heterocycles. The predicted molar refractivity (Wildman–Crippen MR) is 190 cm³/mol. The quantitative estimate of drug-likeness (QED) is 0.121. The number of benzene rings is 6. The molecule has 0 saturated carbocycles. The van der Waals surface area contributed by atoms with E-state index >= 15 is 0 Å². The second kappa shape index (κ2) is 13.2. The molecule has 6 aromatic carbocycles. The molecule has 2 heteroatoms. The van der Waals surface area contributed by atoms with E-state index in [0.717, 1.165) is 29.9 Å². The van der Waals surface area contributed by atoms with E-state index in [0.29, 0.717) is 4.48 Å². The molecule has 0 aliphatic rings. The first-order chi connectivity index (χ1) is 21.7. The zero-order valence-corrected chi connectivity index (χ0v) is 24.9. The maximum absolute atomic E-state index is 4.09. The van der Waals surface area contributed by atoms with Gasteiger partial charge in [-0.25, -0.2) is 0 Å². The first-order valence-corrected chi connectivity index (χ1v) is 15.1. The highest BCUT2D eigenvalue weighted by Crippen LogP contribution is 2.54. The lowest BCUT2D eigenvalue weighted by Crippen LogP contribution is -2.35. The van der Waals surface area contributed by atoms with E-state index in [4.69, 9.17) is 0 Å². The van der Waals surface area contributed by atoms with Crippen LogP contribution in [0.5, 0.6) is 0 Å². The molecule has 0 amide bonds. The molecule has 0 saturated heterocycles. The second-order valence-corrected chi connectivity index (χ2v) is 10.9. The molecule has 0 heterocycles. The summed E-state index contributed by atoms with van der Waals surface area (Å²) in [5.41, 5.74) is 11.7. The molecule has 0 bridgehead atoms. The first-order valence-electron chi connectivity index (χ1n) is 15.1. The van der Waals surface area contributed by atoms with Crippen LogP contribution in [-0.2, 0) is 12.8 Å². The fourth-order valence-electron chi connectivity index (χ4n) is 6.13. The minimum atomic E-state index is 0.453. The van der Waals surface area contributed by atoms with Gasteiger partial charge in [0.25, 0.3) is 0 Å². The highest BCUT2D eigenvalue weighted by Gasteiger charge is 2.42. The van der Waals surface area contributed by atoms with E-state index in [9.17, 15) is 0 Å². The van der Waals surface area contributed by atoms with Crippen molar-refractivity contribution in [1.29, 1.82) is 0 Å². The van der Waals surface area contributed by atoms with Crippen LogP contribution in [0.4, 0.5) is 34.1 Å². The lowest BCUT2D eigenvalue weighted by atomic mass is 9.97. The van der Waals surface area contributed by atoms with Gasteiger partial charge in [0.2, 0.25) is 0 Å². The summed E-state index contributed by atoms with van der Waals surface area (Å²) in [5.74, 6) is 0. The number of quaternary nitrogens is 1. The van der Waals surface area contributed by atoms with E-state index in [-0.39, 0.29) is 0 Å². The summed E-state index contributed by atoms with van der Waals surface area (Å²) in [7, 11) is 0. The van der Waals surface area contributed by atoms with Crippen LogP contribution in [0, 0.1) is 0 Å². The van der Waals surface area contributed by atoms with Crippen LogP contribution in [0.25, 0.3) is 11.1 Å². The van der Waals surface area contributed by atoms with E-state index in [1.54, 1.807) is 0 Å². The lowest BCUT2D eigenvalue weighted by molar-refractivity contribution is 0.690. The molecule has 0 aliphatic carbocycles. The summed E-state index contributed by atoms with van der Waals surface area (Å²) in [4.78, 5) is 0. The fourth-order valence-corrected chi connectivity index (χ4v) is 6.13. The van der Waals surface area contributed by atoms with Gasteiger partial charge in [0.1, 0.15) is 11.4 Å². The van der Waals surface area contributed by atoms with Crippen LogP contribution < -0.4 is 9.80 Å². The SMILES string of the molecule is C=CCc1ccccc1[N+](c1ccccc1)(c1ccc(-c2ccc(Nc3ccccc3)cc2)cc1)c1ccccc1CC=C.